The number of rotatable bonds is 7. The predicted molar refractivity (Wildman–Crippen MR) is 86.0 cm³/mol. The summed E-state index contributed by atoms with van der Waals surface area (Å²) < 4.78 is 24.1. The monoisotopic (exact) mass is 306 g/mol. The van der Waals surface area contributed by atoms with Crippen molar-refractivity contribution in [3.63, 3.8) is 0 Å². The van der Waals surface area contributed by atoms with Crippen LogP contribution in [-0.2, 0) is 16.3 Å². The molecule has 0 amide bonds. The van der Waals surface area contributed by atoms with Crippen LogP contribution in [0.5, 0.6) is 0 Å². The van der Waals surface area contributed by atoms with E-state index in [0.29, 0.717) is 10.6 Å². The first-order valence-corrected chi connectivity index (χ1v) is 9.39. The zero-order valence-corrected chi connectivity index (χ0v) is 12.9. The lowest BCUT2D eigenvalue weighted by Crippen LogP contribution is -2.09. The minimum Gasteiger partial charge on any atom is -0.224 e. The lowest BCUT2D eigenvalue weighted by molar-refractivity contribution is 0.597. The quantitative estimate of drug-likeness (QED) is 0.735. The fourth-order valence-electron chi connectivity index (χ4n) is 1.85. The van der Waals surface area contributed by atoms with Gasteiger partial charge in [-0.15, -0.1) is 0 Å². The Kier molecular flexibility index (Phi) is 5.68. The Morgan fingerprint density at radius 2 is 1.40 bits per heavy atom. The van der Waals surface area contributed by atoms with Gasteiger partial charge in [0.25, 0.3) is 0 Å². The van der Waals surface area contributed by atoms with E-state index in [-0.39, 0.29) is 5.75 Å². The molecule has 0 spiro atoms. The van der Waals surface area contributed by atoms with Crippen molar-refractivity contribution in [1.29, 1.82) is 0 Å². The third-order valence-electron chi connectivity index (χ3n) is 2.98. The lowest BCUT2D eigenvalue weighted by atomic mass is 10.2. The number of aryl methyl sites for hydroxylation is 1. The SMILES string of the molecule is O=S(=O)(CCSCCc1ccccc1)c1ccccc1. The Labute approximate surface area is 125 Å². The first kappa shape index (κ1) is 15.1. The van der Waals surface area contributed by atoms with Crippen LogP contribution in [0.4, 0.5) is 0 Å². The average molecular weight is 306 g/mol. The van der Waals surface area contributed by atoms with Crippen LogP contribution in [0.15, 0.2) is 65.6 Å². The Morgan fingerprint density at radius 1 is 0.800 bits per heavy atom. The van der Waals surface area contributed by atoms with E-state index in [2.05, 4.69) is 12.1 Å². The average Bonchev–Trinajstić information content (AvgIpc) is 2.49. The molecule has 2 aromatic rings. The molecule has 4 heteroatoms. The summed E-state index contributed by atoms with van der Waals surface area (Å²) in [5, 5.41) is 0. The van der Waals surface area contributed by atoms with Crippen molar-refractivity contribution in [1.82, 2.24) is 0 Å². The van der Waals surface area contributed by atoms with Gasteiger partial charge in [-0.3, -0.25) is 0 Å². The predicted octanol–water partition coefficient (Wildman–Crippen LogP) is 3.44. The van der Waals surface area contributed by atoms with Crippen LogP contribution >= 0.6 is 11.8 Å². The Balaban J connectivity index is 1.74. The molecule has 0 heterocycles. The van der Waals surface area contributed by atoms with Crippen molar-refractivity contribution in [2.24, 2.45) is 0 Å². The Morgan fingerprint density at radius 3 is 2.05 bits per heavy atom. The van der Waals surface area contributed by atoms with E-state index in [1.165, 1.54) is 5.56 Å². The van der Waals surface area contributed by atoms with Crippen molar-refractivity contribution >= 4 is 21.6 Å². The van der Waals surface area contributed by atoms with Gasteiger partial charge in [-0.05, 0) is 29.9 Å². The number of benzene rings is 2. The molecule has 2 rings (SSSR count). The molecule has 0 aliphatic heterocycles. The molecule has 0 bridgehead atoms. The van der Waals surface area contributed by atoms with Gasteiger partial charge in [-0.1, -0.05) is 48.5 Å². The highest BCUT2D eigenvalue weighted by Crippen LogP contribution is 2.13. The molecular formula is C16H18O2S2. The van der Waals surface area contributed by atoms with E-state index in [1.54, 1.807) is 36.0 Å². The molecule has 2 nitrogen and oxygen atoms in total. The molecule has 0 saturated heterocycles. The van der Waals surface area contributed by atoms with E-state index >= 15 is 0 Å². The minimum atomic E-state index is -3.13. The molecule has 0 saturated carbocycles. The van der Waals surface area contributed by atoms with Gasteiger partial charge >= 0.3 is 0 Å². The van der Waals surface area contributed by atoms with Crippen LogP contribution in [0.2, 0.25) is 0 Å². The van der Waals surface area contributed by atoms with Gasteiger partial charge in [0.2, 0.25) is 0 Å². The highest BCUT2D eigenvalue weighted by molar-refractivity contribution is 8.00. The fraction of sp³-hybridized carbons (Fsp3) is 0.250. The number of thioether (sulfide) groups is 1. The van der Waals surface area contributed by atoms with E-state index in [1.807, 2.05) is 24.3 Å². The van der Waals surface area contributed by atoms with E-state index in [0.717, 1.165) is 12.2 Å². The molecule has 0 unspecified atom stereocenters. The highest BCUT2D eigenvalue weighted by atomic mass is 32.2. The lowest BCUT2D eigenvalue weighted by Gasteiger charge is -2.04. The van der Waals surface area contributed by atoms with Crippen LogP contribution in [0.3, 0.4) is 0 Å². The zero-order valence-electron chi connectivity index (χ0n) is 11.2. The van der Waals surface area contributed by atoms with Gasteiger partial charge in [0, 0.05) is 5.75 Å². The summed E-state index contributed by atoms with van der Waals surface area (Å²) >= 11 is 1.69. The molecule has 0 atom stereocenters. The van der Waals surface area contributed by atoms with Crippen LogP contribution in [0.1, 0.15) is 5.56 Å². The summed E-state index contributed by atoms with van der Waals surface area (Å²) in [4.78, 5) is 0.420. The smallest absolute Gasteiger partial charge is 0.179 e. The van der Waals surface area contributed by atoms with Crippen LogP contribution in [0, 0.1) is 0 Å². The maximum atomic E-state index is 12.1. The summed E-state index contributed by atoms with van der Waals surface area (Å²) in [7, 11) is -3.13. The van der Waals surface area contributed by atoms with Gasteiger partial charge in [0.15, 0.2) is 9.84 Å². The molecule has 0 fully saturated rings. The van der Waals surface area contributed by atoms with Gasteiger partial charge in [-0.25, -0.2) is 8.42 Å². The number of hydrogen-bond donors (Lipinski definition) is 0. The Bertz CT molecular complexity index is 607. The molecule has 0 N–H and O–H groups in total. The molecule has 0 aliphatic carbocycles. The first-order chi connectivity index (χ1) is 9.68. The van der Waals surface area contributed by atoms with Crippen molar-refractivity contribution in [2.45, 2.75) is 11.3 Å². The van der Waals surface area contributed by atoms with E-state index in [9.17, 15) is 8.42 Å². The van der Waals surface area contributed by atoms with E-state index in [4.69, 9.17) is 0 Å². The zero-order chi connectivity index (χ0) is 14.3. The summed E-state index contributed by atoms with van der Waals surface area (Å²) in [6, 6.07) is 18.9. The second-order valence-corrected chi connectivity index (χ2v) is 7.81. The molecule has 106 valence electrons. The highest BCUT2D eigenvalue weighted by Gasteiger charge is 2.12. The largest absolute Gasteiger partial charge is 0.224 e. The summed E-state index contributed by atoms with van der Waals surface area (Å²) in [6.07, 6.45) is 0.983. The fourth-order valence-corrected chi connectivity index (χ4v) is 4.59. The molecule has 0 aliphatic rings. The van der Waals surface area contributed by atoms with Gasteiger partial charge in [-0.2, -0.15) is 11.8 Å². The van der Waals surface area contributed by atoms with Crippen molar-refractivity contribution in [3.05, 3.63) is 66.2 Å². The Hall–Kier alpha value is -1.26. The standard InChI is InChI=1S/C16H18O2S2/c17-20(18,16-9-5-2-6-10-16)14-13-19-12-11-15-7-3-1-4-8-15/h1-10H,11-14H2. The third kappa shape index (κ3) is 4.69. The molecule has 20 heavy (non-hydrogen) atoms. The second kappa shape index (κ2) is 7.50. The molecule has 0 radical (unpaired) electrons. The molecular weight excluding hydrogens is 288 g/mol. The summed E-state index contributed by atoms with van der Waals surface area (Å²) in [5.41, 5.74) is 1.30. The topological polar surface area (TPSA) is 34.1 Å². The number of hydrogen-bond acceptors (Lipinski definition) is 3. The maximum absolute atomic E-state index is 12.1. The van der Waals surface area contributed by atoms with Crippen molar-refractivity contribution in [3.8, 4) is 0 Å². The van der Waals surface area contributed by atoms with Crippen LogP contribution < -0.4 is 0 Å². The minimum absolute atomic E-state index is 0.205. The van der Waals surface area contributed by atoms with Crippen LogP contribution in [0.25, 0.3) is 0 Å². The van der Waals surface area contributed by atoms with Crippen molar-refractivity contribution in [2.75, 3.05) is 17.3 Å². The first-order valence-electron chi connectivity index (χ1n) is 6.58. The van der Waals surface area contributed by atoms with Crippen LogP contribution in [-0.4, -0.2) is 25.7 Å². The van der Waals surface area contributed by atoms with Gasteiger partial charge in [0.1, 0.15) is 0 Å². The molecule has 2 aromatic carbocycles. The van der Waals surface area contributed by atoms with Crippen molar-refractivity contribution < 1.29 is 8.42 Å². The third-order valence-corrected chi connectivity index (χ3v) is 5.95. The summed E-state index contributed by atoms with van der Waals surface area (Å²) in [5.74, 6) is 1.80. The second-order valence-electron chi connectivity index (χ2n) is 4.48. The normalized spacial score (nSPS) is 11.4. The van der Waals surface area contributed by atoms with Gasteiger partial charge < -0.3 is 0 Å². The van der Waals surface area contributed by atoms with E-state index < -0.39 is 9.84 Å². The van der Waals surface area contributed by atoms with Gasteiger partial charge in [0.05, 0.1) is 10.6 Å². The summed E-state index contributed by atoms with van der Waals surface area (Å²) in [6.45, 7) is 0. The number of sulfone groups is 1. The maximum Gasteiger partial charge on any atom is 0.179 e. The molecule has 0 aromatic heterocycles.